The molecule has 1 rings (SSSR count). The van der Waals surface area contributed by atoms with Crippen LogP contribution in [0, 0.1) is 4.91 Å². The van der Waals surface area contributed by atoms with Gasteiger partial charge in [-0.05, 0) is 32.1 Å². The van der Waals surface area contributed by atoms with Crippen LogP contribution >= 0.6 is 0 Å². The average molecular weight is 143 g/mol. The van der Waals surface area contributed by atoms with E-state index in [1.807, 2.05) is 0 Å². The molecule has 0 aromatic rings. The van der Waals surface area contributed by atoms with Gasteiger partial charge in [-0.2, -0.15) is 4.91 Å². The Hall–Kier alpha value is -0.440. The van der Waals surface area contributed by atoms with Gasteiger partial charge in [-0.15, -0.1) is 0 Å². The highest BCUT2D eigenvalue weighted by Crippen LogP contribution is 2.19. The molecular weight excluding hydrogens is 130 g/mol. The van der Waals surface area contributed by atoms with Crippen LogP contribution < -0.4 is 0 Å². The average Bonchev–Trinajstić information content (AvgIpc) is 2.14. The van der Waals surface area contributed by atoms with Crippen LogP contribution in [0.2, 0.25) is 0 Å². The van der Waals surface area contributed by atoms with Crippen molar-refractivity contribution in [3.05, 3.63) is 4.91 Å². The smallest absolute Gasteiger partial charge is 0.0920 e. The van der Waals surface area contributed by atoms with Crippen LogP contribution in [0.25, 0.3) is 0 Å². The zero-order valence-corrected chi connectivity index (χ0v) is 5.99. The number of hydrogen-bond donors (Lipinski definition) is 1. The SMILES string of the molecule is O=NC1CCCC(O)CC1. The largest absolute Gasteiger partial charge is 0.393 e. The Balaban J connectivity index is 2.32. The number of nitroso groups, excluding NO2 is 1. The van der Waals surface area contributed by atoms with Crippen molar-refractivity contribution in [2.24, 2.45) is 5.18 Å². The van der Waals surface area contributed by atoms with Crippen molar-refractivity contribution in [1.29, 1.82) is 0 Å². The third kappa shape index (κ3) is 2.06. The van der Waals surface area contributed by atoms with Crippen LogP contribution in [0.3, 0.4) is 0 Å². The molecule has 1 saturated carbocycles. The van der Waals surface area contributed by atoms with E-state index < -0.39 is 0 Å². The fourth-order valence-corrected chi connectivity index (χ4v) is 1.37. The highest BCUT2D eigenvalue weighted by atomic mass is 16.3. The molecule has 10 heavy (non-hydrogen) atoms. The van der Waals surface area contributed by atoms with Crippen molar-refractivity contribution in [2.75, 3.05) is 0 Å². The van der Waals surface area contributed by atoms with Gasteiger partial charge in [-0.25, -0.2) is 0 Å². The molecule has 1 fully saturated rings. The molecule has 1 aliphatic rings. The molecule has 0 amide bonds. The summed E-state index contributed by atoms with van der Waals surface area (Å²) in [6, 6.07) is -0.0304. The minimum absolute atomic E-state index is 0.0304. The number of aliphatic hydroxyl groups is 1. The topological polar surface area (TPSA) is 49.7 Å². The summed E-state index contributed by atoms with van der Waals surface area (Å²) in [5.41, 5.74) is 0. The molecule has 3 heteroatoms. The Kier molecular flexibility index (Phi) is 2.81. The summed E-state index contributed by atoms with van der Waals surface area (Å²) >= 11 is 0. The van der Waals surface area contributed by atoms with Crippen LogP contribution in [0.5, 0.6) is 0 Å². The van der Waals surface area contributed by atoms with Gasteiger partial charge < -0.3 is 5.11 Å². The Morgan fingerprint density at radius 3 is 2.70 bits per heavy atom. The van der Waals surface area contributed by atoms with Crippen molar-refractivity contribution in [2.45, 2.75) is 44.2 Å². The molecule has 0 radical (unpaired) electrons. The summed E-state index contributed by atoms with van der Waals surface area (Å²) in [5, 5.41) is 12.1. The van der Waals surface area contributed by atoms with E-state index in [1.54, 1.807) is 0 Å². The lowest BCUT2D eigenvalue weighted by Gasteiger charge is -2.03. The molecule has 2 atom stereocenters. The van der Waals surface area contributed by atoms with E-state index in [9.17, 15) is 4.91 Å². The minimum atomic E-state index is -0.188. The second kappa shape index (κ2) is 3.66. The van der Waals surface area contributed by atoms with Crippen molar-refractivity contribution >= 4 is 0 Å². The van der Waals surface area contributed by atoms with Gasteiger partial charge in [-0.3, -0.25) is 0 Å². The van der Waals surface area contributed by atoms with Crippen LogP contribution in [0.4, 0.5) is 0 Å². The number of hydrogen-bond acceptors (Lipinski definition) is 3. The summed E-state index contributed by atoms with van der Waals surface area (Å²) in [4.78, 5) is 10.1. The molecule has 3 nitrogen and oxygen atoms in total. The Bertz CT molecular complexity index is 116. The standard InChI is InChI=1S/C7H13NO2/c9-7-3-1-2-6(8-10)4-5-7/h6-7,9H,1-5H2. The Morgan fingerprint density at radius 2 is 2.00 bits per heavy atom. The van der Waals surface area contributed by atoms with Gasteiger partial charge >= 0.3 is 0 Å². The fraction of sp³-hybridized carbons (Fsp3) is 1.00. The maximum Gasteiger partial charge on any atom is 0.0920 e. The van der Waals surface area contributed by atoms with Gasteiger partial charge in [0.25, 0.3) is 0 Å². The zero-order valence-electron chi connectivity index (χ0n) is 5.99. The fourth-order valence-electron chi connectivity index (χ4n) is 1.37. The highest BCUT2D eigenvalue weighted by molar-refractivity contribution is 4.73. The lowest BCUT2D eigenvalue weighted by atomic mass is 10.1. The number of aliphatic hydroxyl groups excluding tert-OH is 1. The van der Waals surface area contributed by atoms with E-state index in [1.165, 1.54) is 0 Å². The summed E-state index contributed by atoms with van der Waals surface area (Å²) < 4.78 is 0. The van der Waals surface area contributed by atoms with Crippen molar-refractivity contribution in [1.82, 2.24) is 0 Å². The van der Waals surface area contributed by atoms with Crippen LogP contribution in [0.1, 0.15) is 32.1 Å². The normalized spacial score (nSPS) is 34.9. The maximum atomic E-state index is 10.1. The monoisotopic (exact) mass is 143 g/mol. The van der Waals surface area contributed by atoms with Crippen LogP contribution in [-0.2, 0) is 0 Å². The molecule has 0 aromatic heterocycles. The molecule has 0 bridgehead atoms. The molecule has 1 aliphatic carbocycles. The molecule has 2 unspecified atom stereocenters. The first-order valence-electron chi connectivity index (χ1n) is 3.83. The highest BCUT2D eigenvalue weighted by Gasteiger charge is 2.16. The van der Waals surface area contributed by atoms with E-state index in [4.69, 9.17) is 5.11 Å². The molecule has 58 valence electrons. The summed E-state index contributed by atoms with van der Waals surface area (Å²) in [6.45, 7) is 0. The predicted octanol–water partition coefficient (Wildman–Crippen LogP) is 1.45. The minimum Gasteiger partial charge on any atom is -0.393 e. The predicted molar refractivity (Wildman–Crippen MR) is 38.7 cm³/mol. The summed E-state index contributed by atoms with van der Waals surface area (Å²) in [5.74, 6) is 0. The molecule has 0 heterocycles. The van der Waals surface area contributed by atoms with Gasteiger partial charge in [0.15, 0.2) is 0 Å². The quantitative estimate of drug-likeness (QED) is 0.446. The van der Waals surface area contributed by atoms with Crippen molar-refractivity contribution < 1.29 is 5.11 Å². The molecule has 0 saturated heterocycles. The van der Waals surface area contributed by atoms with Crippen molar-refractivity contribution in [3.8, 4) is 0 Å². The van der Waals surface area contributed by atoms with E-state index in [0.717, 1.165) is 32.1 Å². The lowest BCUT2D eigenvalue weighted by molar-refractivity contribution is 0.157. The van der Waals surface area contributed by atoms with Gasteiger partial charge in [0.05, 0.1) is 12.1 Å². The first-order valence-corrected chi connectivity index (χ1v) is 3.83. The molecular formula is C7H13NO2. The molecule has 0 aromatic carbocycles. The van der Waals surface area contributed by atoms with Gasteiger partial charge in [-0.1, -0.05) is 5.18 Å². The van der Waals surface area contributed by atoms with Gasteiger partial charge in [0.1, 0.15) is 0 Å². The van der Waals surface area contributed by atoms with Crippen LogP contribution in [0.15, 0.2) is 5.18 Å². The maximum absolute atomic E-state index is 10.1. The van der Waals surface area contributed by atoms with E-state index >= 15 is 0 Å². The third-order valence-corrected chi connectivity index (χ3v) is 2.06. The van der Waals surface area contributed by atoms with Gasteiger partial charge in [0, 0.05) is 0 Å². The molecule has 0 aliphatic heterocycles. The van der Waals surface area contributed by atoms with Crippen molar-refractivity contribution in [3.63, 3.8) is 0 Å². The second-order valence-electron chi connectivity index (χ2n) is 2.92. The zero-order chi connectivity index (χ0) is 7.40. The number of nitrogens with zero attached hydrogens (tertiary/aromatic N) is 1. The first-order chi connectivity index (χ1) is 4.83. The summed E-state index contributed by atoms with van der Waals surface area (Å²) in [7, 11) is 0. The summed E-state index contributed by atoms with van der Waals surface area (Å²) in [6.07, 6.45) is 3.97. The molecule has 0 spiro atoms. The first kappa shape index (κ1) is 7.66. The third-order valence-electron chi connectivity index (χ3n) is 2.06. The second-order valence-corrected chi connectivity index (χ2v) is 2.92. The lowest BCUT2D eigenvalue weighted by Crippen LogP contribution is -2.04. The number of rotatable bonds is 1. The van der Waals surface area contributed by atoms with E-state index in [2.05, 4.69) is 5.18 Å². The van der Waals surface area contributed by atoms with Crippen LogP contribution in [-0.4, -0.2) is 17.3 Å². The molecule has 1 N–H and O–H groups in total. The Morgan fingerprint density at radius 1 is 1.20 bits per heavy atom. The Labute approximate surface area is 60.4 Å². The van der Waals surface area contributed by atoms with Gasteiger partial charge in [0.2, 0.25) is 0 Å². The van der Waals surface area contributed by atoms with E-state index in [0.29, 0.717) is 0 Å². The van der Waals surface area contributed by atoms with E-state index in [-0.39, 0.29) is 12.1 Å².